The second-order valence-electron chi connectivity index (χ2n) is 4.52. The van der Waals surface area contributed by atoms with E-state index in [0.29, 0.717) is 0 Å². The molecule has 3 heteroatoms. The van der Waals surface area contributed by atoms with Crippen LogP contribution in [0, 0.1) is 6.92 Å². The summed E-state index contributed by atoms with van der Waals surface area (Å²) in [5.74, 6) is 1.11. The van der Waals surface area contributed by atoms with Crippen LogP contribution in [0.3, 0.4) is 0 Å². The molecule has 0 saturated carbocycles. The number of nitrogens with one attached hydrogen (secondary N) is 1. The lowest BCUT2D eigenvalue weighted by Gasteiger charge is -2.28. The third-order valence-electron chi connectivity index (χ3n) is 3.36. The van der Waals surface area contributed by atoms with Crippen LogP contribution >= 0.6 is 0 Å². The molecule has 2 heterocycles. The molecule has 1 aliphatic rings. The van der Waals surface area contributed by atoms with Gasteiger partial charge in [-0.3, -0.25) is 0 Å². The van der Waals surface area contributed by atoms with Gasteiger partial charge in [-0.1, -0.05) is 24.3 Å². The second-order valence-corrected chi connectivity index (χ2v) is 4.52. The van der Waals surface area contributed by atoms with Gasteiger partial charge < -0.3 is 10.2 Å². The van der Waals surface area contributed by atoms with E-state index in [1.165, 1.54) is 10.8 Å². The molecule has 1 N–H and O–H groups in total. The molecule has 17 heavy (non-hydrogen) atoms. The number of hydrogen-bond donors (Lipinski definition) is 1. The van der Waals surface area contributed by atoms with E-state index in [-0.39, 0.29) is 0 Å². The predicted octanol–water partition coefficient (Wildman–Crippen LogP) is 1.95. The van der Waals surface area contributed by atoms with Crippen LogP contribution in [0.2, 0.25) is 0 Å². The highest BCUT2D eigenvalue weighted by Gasteiger charge is 2.12. The quantitative estimate of drug-likeness (QED) is 0.807. The molecule has 1 aromatic heterocycles. The lowest BCUT2D eigenvalue weighted by molar-refractivity contribution is 0.585. The van der Waals surface area contributed by atoms with Crippen LogP contribution in [0.4, 0.5) is 5.82 Å². The first-order valence-electron chi connectivity index (χ1n) is 6.17. The Morgan fingerprint density at radius 1 is 1.18 bits per heavy atom. The van der Waals surface area contributed by atoms with Crippen molar-refractivity contribution >= 4 is 16.6 Å². The topological polar surface area (TPSA) is 28.2 Å². The molecule has 1 aromatic carbocycles. The molecule has 0 spiro atoms. The fraction of sp³-hybridized carbons (Fsp3) is 0.357. The molecule has 0 atom stereocenters. The van der Waals surface area contributed by atoms with Gasteiger partial charge in [-0.05, 0) is 18.4 Å². The van der Waals surface area contributed by atoms with Gasteiger partial charge in [0.1, 0.15) is 5.82 Å². The average molecular weight is 227 g/mol. The fourth-order valence-corrected chi connectivity index (χ4v) is 2.41. The molecule has 0 aliphatic carbocycles. The number of pyridine rings is 1. The Hall–Kier alpha value is -1.61. The van der Waals surface area contributed by atoms with E-state index in [9.17, 15) is 0 Å². The summed E-state index contributed by atoms with van der Waals surface area (Å²) in [6, 6.07) is 10.7. The van der Waals surface area contributed by atoms with Gasteiger partial charge in [-0.15, -0.1) is 0 Å². The maximum atomic E-state index is 4.72. The normalized spacial score (nSPS) is 16.4. The molecule has 0 radical (unpaired) electrons. The summed E-state index contributed by atoms with van der Waals surface area (Å²) in [7, 11) is 0. The van der Waals surface area contributed by atoms with Gasteiger partial charge in [0.2, 0.25) is 0 Å². The maximum Gasteiger partial charge on any atom is 0.129 e. The minimum absolute atomic E-state index is 1.05. The number of aryl methyl sites for hydroxylation is 1. The second kappa shape index (κ2) is 4.34. The minimum Gasteiger partial charge on any atom is -0.354 e. The van der Waals surface area contributed by atoms with Crippen molar-refractivity contribution < 1.29 is 0 Å². The average Bonchev–Trinajstić information content (AvgIpc) is 2.40. The summed E-state index contributed by atoms with van der Waals surface area (Å²) in [5, 5.41) is 5.91. The van der Waals surface area contributed by atoms with Crippen molar-refractivity contribution in [3.63, 3.8) is 0 Å². The highest BCUT2D eigenvalue weighted by atomic mass is 15.2. The first-order valence-corrected chi connectivity index (χ1v) is 6.17. The van der Waals surface area contributed by atoms with Gasteiger partial charge in [0.15, 0.2) is 0 Å². The molecule has 3 rings (SSSR count). The van der Waals surface area contributed by atoms with Crippen LogP contribution in [0.1, 0.15) is 5.69 Å². The summed E-state index contributed by atoms with van der Waals surface area (Å²) in [6.45, 7) is 6.28. The van der Waals surface area contributed by atoms with E-state index < -0.39 is 0 Å². The summed E-state index contributed by atoms with van der Waals surface area (Å²) >= 11 is 0. The number of benzene rings is 1. The summed E-state index contributed by atoms with van der Waals surface area (Å²) in [6.07, 6.45) is 0. The van der Waals surface area contributed by atoms with Crippen LogP contribution in [-0.2, 0) is 0 Å². The summed E-state index contributed by atoms with van der Waals surface area (Å²) in [4.78, 5) is 7.08. The fourth-order valence-electron chi connectivity index (χ4n) is 2.41. The number of nitrogens with zero attached hydrogens (tertiary/aromatic N) is 2. The zero-order valence-corrected chi connectivity index (χ0v) is 10.1. The standard InChI is InChI=1S/C14H17N3/c1-11-13-5-3-2-4-12(13)10-14(16-11)17-8-6-15-7-9-17/h2-5,10,15H,6-9H2,1H3. The van der Waals surface area contributed by atoms with E-state index in [1.54, 1.807) is 0 Å². The largest absolute Gasteiger partial charge is 0.354 e. The summed E-state index contributed by atoms with van der Waals surface area (Å²) in [5.41, 5.74) is 1.12. The van der Waals surface area contributed by atoms with Crippen molar-refractivity contribution in [2.45, 2.75) is 6.92 Å². The van der Waals surface area contributed by atoms with Gasteiger partial charge >= 0.3 is 0 Å². The van der Waals surface area contributed by atoms with Gasteiger partial charge in [-0.2, -0.15) is 0 Å². The van der Waals surface area contributed by atoms with Crippen LogP contribution in [0.5, 0.6) is 0 Å². The molecule has 1 fully saturated rings. The predicted molar refractivity (Wildman–Crippen MR) is 71.6 cm³/mol. The maximum absolute atomic E-state index is 4.72. The molecule has 88 valence electrons. The number of hydrogen-bond acceptors (Lipinski definition) is 3. The van der Waals surface area contributed by atoms with E-state index >= 15 is 0 Å². The first kappa shape index (κ1) is 10.5. The van der Waals surface area contributed by atoms with Gasteiger partial charge in [0, 0.05) is 37.3 Å². The number of anilines is 1. The van der Waals surface area contributed by atoms with Crippen LogP contribution in [0.25, 0.3) is 10.8 Å². The van der Waals surface area contributed by atoms with Crippen LogP contribution < -0.4 is 10.2 Å². The third kappa shape index (κ3) is 1.98. The number of aromatic nitrogens is 1. The van der Waals surface area contributed by atoms with E-state index in [0.717, 1.165) is 37.7 Å². The zero-order valence-electron chi connectivity index (χ0n) is 10.1. The van der Waals surface area contributed by atoms with Crippen molar-refractivity contribution in [3.8, 4) is 0 Å². The Morgan fingerprint density at radius 3 is 2.76 bits per heavy atom. The Balaban J connectivity index is 2.05. The molecular weight excluding hydrogens is 210 g/mol. The lowest BCUT2D eigenvalue weighted by Crippen LogP contribution is -2.43. The van der Waals surface area contributed by atoms with E-state index in [1.807, 2.05) is 0 Å². The molecule has 1 aliphatic heterocycles. The number of rotatable bonds is 1. The lowest BCUT2D eigenvalue weighted by atomic mass is 10.1. The first-order chi connectivity index (χ1) is 8.34. The smallest absolute Gasteiger partial charge is 0.129 e. The molecule has 0 unspecified atom stereocenters. The van der Waals surface area contributed by atoms with E-state index in [4.69, 9.17) is 4.98 Å². The van der Waals surface area contributed by atoms with E-state index in [2.05, 4.69) is 47.5 Å². The molecule has 2 aromatic rings. The Kier molecular flexibility index (Phi) is 2.69. The molecule has 0 bridgehead atoms. The molecular formula is C14H17N3. The zero-order chi connectivity index (χ0) is 11.7. The Labute approximate surface area is 101 Å². The third-order valence-corrected chi connectivity index (χ3v) is 3.36. The number of fused-ring (bicyclic) bond motifs is 1. The SMILES string of the molecule is Cc1nc(N2CCNCC2)cc2ccccc12. The van der Waals surface area contributed by atoms with Crippen molar-refractivity contribution in [1.29, 1.82) is 0 Å². The van der Waals surface area contributed by atoms with Gasteiger partial charge in [0.05, 0.1) is 0 Å². The molecule has 0 amide bonds. The minimum atomic E-state index is 1.05. The molecule has 1 saturated heterocycles. The van der Waals surface area contributed by atoms with Crippen molar-refractivity contribution in [2.24, 2.45) is 0 Å². The number of piperazine rings is 1. The summed E-state index contributed by atoms with van der Waals surface area (Å²) < 4.78 is 0. The van der Waals surface area contributed by atoms with Crippen molar-refractivity contribution in [2.75, 3.05) is 31.1 Å². The highest BCUT2D eigenvalue weighted by Crippen LogP contribution is 2.22. The molecule has 3 nitrogen and oxygen atoms in total. The monoisotopic (exact) mass is 227 g/mol. The van der Waals surface area contributed by atoms with Crippen molar-refractivity contribution in [3.05, 3.63) is 36.0 Å². The Bertz CT molecular complexity index is 530. The van der Waals surface area contributed by atoms with Crippen LogP contribution in [-0.4, -0.2) is 31.2 Å². The highest BCUT2D eigenvalue weighted by molar-refractivity contribution is 5.86. The van der Waals surface area contributed by atoms with Gasteiger partial charge in [-0.25, -0.2) is 4.98 Å². The van der Waals surface area contributed by atoms with Gasteiger partial charge in [0.25, 0.3) is 0 Å². The van der Waals surface area contributed by atoms with Crippen molar-refractivity contribution in [1.82, 2.24) is 10.3 Å². The van der Waals surface area contributed by atoms with Crippen LogP contribution in [0.15, 0.2) is 30.3 Å². The Morgan fingerprint density at radius 2 is 1.94 bits per heavy atom.